The van der Waals surface area contributed by atoms with Crippen molar-refractivity contribution in [3.63, 3.8) is 0 Å². The van der Waals surface area contributed by atoms with Crippen LogP contribution in [0.5, 0.6) is 5.75 Å². The SMILES string of the molecule is O=C(NCCOc1ccccc1)N1CCN(c2ccc(-c3noc(C4CC4)n3)cn2)CC1. The zero-order valence-electron chi connectivity index (χ0n) is 17.8. The van der Waals surface area contributed by atoms with E-state index in [9.17, 15) is 4.79 Å². The maximum absolute atomic E-state index is 12.4. The molecule has 0 bridgehead atoms. The van der Waals surface area contributed by atoms with Gasteiger partial charge in [-0.05, 0) is 37.1 Å². The number of piperazine rings is 1. The zero-order chi connectivity index (χ0) is 21.8. The number of hydrogen-bond donors (Lipinski definition) is 1. The third-order valence-corrected chi connectivity index (χ3v) is 5.66. The number of hydrogen-bond acceptors (Lipinski definition) is 7. The van der Waals surface area contributed by atoms with E-state index in [4.69, 9.17) is 9.26 Å². The first-order chi connectivity index (χ1) is 15.8. The number of nitrogens with zero attached hydrogens (tertiary/aromatic N) is 5. The van der Waals surface area contributed by atoms with Gasteiger partial charge in [-0.25, -0.2) is 9.78 Å². The van der Waals surface area contributed by atoms with E-state index < -0.39 is 0 Å². The predicted octanol–water partition coefficient (Wildman–Crippen LogP) is 2.92. The van der Waals surface area contributed by atoms with Gasteiger partial charge >= 0.3 is 6.03 Å². The van der Waals surface area contributed by atoms with Gasteiger partial charge in [0.25, 0.3) is 0 Å². The Morgan fingerprint density at radius 3 is 2.62 bits per heavy atom. The van der Waals surface area contributed by atoms with Gasteiger partial charge in [0.1, 0.15) is 18.2 Å². The number of urea groups is 1. The highest BCUT2D eigenvalue weighted by Gasteiger charge is 2.30. The summed E-state index contributed by atoms with van der Waals surface area (Å²) in [6.45, 7) is 3.65. The van der Waals surface area contributed by atoms with Crippen LogP contribution in [0.4, 0.5) is 10.6 Å². The molecule has 3 heterocycles. The molecule has 2 amide bonds. The van der Waals surface area contributed by atoms with Gasteiger partial charge in [-0.15, -0.1) is 0 Å². The number of aromatic nitrogens is 3. The number of ether oxygens (including phenoxy) is 1. The fourth-order valence-corrected chi connectivity index (χ4v) is 3.65. The molecule has 166 valence electrons. The van der Waals surface area contributed by atoms with Crippen molar-refractivity contribution in [1.29, 1.82) is 0 Å². The Labute approximate surface area is 186 Å². The summed E-state index contributed by atoms with van der Waals surface area (Å²) >= 11 is 0. The molecule has 2 aliphatic rings. The highest BCUT2D eigenvalue weighted by atomic mass is 16.5. The molecule has 9 nitrogen and oxygen atoms in total. The fraction of sp³-hybridized carbons (Fsp3) is 0.391. The van der Waals surface area contributed by atoms with Crippen LogP contribution < -0.4 is 15.0 Å². The molecule has 2 aromatic heterocycles. The molecule has 32 heavy (non-hydrogen) atoms. The Balaban J connectivity index is 1.06. The molecule has 0 unspecified atom stereocenters. The van der Waals surface area contributed by atoms with E-state index in [1.807, 2.05) is 47.4 Å². The molecule has 9 heteroatoms. The quantitative estimate of drug-likeness (QED) is 0.571. The Kier molecular flexibility index (Phi) is 5.87. The highest BCUT2D eigenvalue weighted by molar-refractivity contribution is 5.74. The lowest BCUT2D eigenvalue weighted by molar-refractivity contribution is 0.191. The molecule has 5 rings (SSSR count). The van der Waals surface area contributed by atoms with Crippen LogP contribution >= 0.6 is 0 Å². The standard InChI is InChI=1S/C23H26N6O3/c30-23(24-10-15-31-19-4-2-1-3-5-19)29-13-11-28(12-14-29)20-9-8-18(16-25-20)21-26-22(32-27-21)17-6-7-17/h1-5,8-9,16-17H,6-7,10-15H2,(H,24,30). The molecule has 3 aromatic rings. The summed E-state index contributed by atoms with van der Waals surface area (Å²) < 4.78 is 10.9. The molecule has 1 aliphatic heterocycles. The van der Waals surface area contributed by atoms with E-state index in [1.54, 1.807) is 6.20 Å². The van der Waals surface area contributed by atoms with Crippen LogP contribution in [0.3, 0.4) is 0 Å². The molecule has 0 radical (unpaired) electrons. The minimum Gasteiger partial charge on any atom is -0.492 e. The van der Waals surface area contributed by atoms with Crippen molar-refractivity contribution in [1.82, 2.24) is 25.3 Å². The summed E-state index contributed by atoms with van der Waals surface area (Å²) in [5, 5.41) is 6.99. The Bertz CT molecular complexity index is 1030. The molecule has 1 aliphatic carbocycles. The summed E-state index contributed by atoms with van der Waals surface area (Å²) in [7, 11) is 0. The van der Waals surface area contributed by atoms with Gasteiger partial charge < -0.3 is 24.4 Å². The van der Waals surface area contributed by atoms with Crippen molar-refractivity contribution in [3.05, 3.63) is 54.6 Å². The van der Waals surface area contributed by atoms with Crippen molar-refractivity contribution in [2.75, 3.05) is 44.2 Å². The molecular weight excluding hydrogens is 408 g/mol. The maximum Gasteiger partial charge on any atom is 0.317 e. The third-order valence-electron chi connectivity index (χ3n) is 5.66. The van der Waals surface area contributed by atoms with Gasteiger partial charge in [0.15, 0.2) is 0 Å². The monoisotopic (exact) mass is 434 g/mol. The lowest BCUT2D eigenvalue weighted by Crippen LogP contribution is -2.52. The van der Waals surface area contributed by atoms with E-state index in [0.717, 1.165) is 49.0 Å². The number of pyridine rings is 1. The van der Waals surface area contributed by atoms with Crippen molar-refractivity contribution in [3.8, 4) is 17.1 Å². The smallest absolute Gasteiger partial charge is 0.317 e. The van der Waals surface area contributed by atoms with Gasteiger partial charge in [0.05, 0.1) is 6.54 Å². The normalized spacial score (nSPS) is 16.1. The van der Waals surface area contributed by atoms with Gasteiger partial charge in [-0.1, -0.05) is 23.4 Å². The first-order valence-electron chi connectivity index (χ1n) is 11.0. The summed E-state index contributed by atoms with van der Waals surface area (Å²) in [6.07, 6.45) is 4.04. The second-order valence-corrected chi connectivity index (χ2v) is 8.00. The molecule has 0 atom stereocenters. The molecule has 1 saturated heterocycles. The number of carbonyl (C=O) groups is 1. The van der Waals surface area contributed by atoms with E-state index in [0.29, 0.717) is 38.0 Å². The number of para-hydroxylation sites is 1. The molecule has 2 fully saturated rings. The van der Waals surface area contributed by atoms with E-state index >= 15 is 0 Å². The molecule has 0 spiro atoms. The van der Waals surface area contributed by atoms with Gasteiger partial charge in [0.2, 0.25) is 11.7 Å². The number of amides is 2. The van der Waals surface area contributed by atoms with Crippen LogP contribution in [0.15, 0.2) is 53.2 Å². The van der Waals surface area contributed by atoms with Crippen molar-refractivity contribution in [2.24, 2.45) is 0 Å². The predicted molar refractivity (Wildman–Crippen MR) is 119 cm³/mol. The Morgan fingerprint density at radius 2 is 1.91 bits per heavy atom. The van der Waals surface area contributed by atoms with Crippen LogP contribution in [0.1, 0.15) is 24.7 Å². The number of anilines is 1. The largest absolute Gasteiger partial charge is 0.492 e. The van der Waals surface area contributed by atoms with Crippen molar-refractivity contribution in [2.45, 2.75) is 18.8 Å². The van der Waals surface area contributed by atoms with Crippen LogP contribution in [-0.2, 0) is 0 Å². The second kappa shape index (κ2) is 9.25. The van der Waals surface area contributed by atoms with Crippen molar-refractivity contribution < 1.29 is 14.1 Å². The average molecular weight is 435 g/mol. The first kappa shape index (κ1) is 20.3. The molecular formula is C23H26N6O3. The van der Waals surface area contributed by atoms with Gasteiger partial charge in [0, 0.05) is 43.9 Å². The Hall–Kier alpha value is -3.62. The van der Waals surface area contributed by atoms with Gasteiger partial charge in [-0.3, -0.25) is 0 Å². The number of carbonyl (C=O) groups excluding carboxylic acids is 1. The van der Waals surface area contributed by atoms with Crippen LogP contribution in [-0.4, -0.2) is 65.4 Å². The molecule has 1 saturated carbocycles. The van der Waals surface area contributed by atoms with E-state index in [1.165, 1.54) is 0 Å². The van der Waals surface area contributed by atoms with E-state index in [-0.39, 0.29) is 6.03 Å². The van der Waals surface area contributed by atoms with Crippen molar-refractivity contribution >= 4 is 11.8 Å². The zero-order valence-corrected chi connectivity index (χ0v) is 17.8. The topological polar surface area (TPSA) is 96.6 Å². The average Bonchev–Trinajstić information content (AvgIpc) is 3.59. The van der Waals surface area contributed by atoms with Gasteiger partial charge in [-0.2, -0.15) is 4.98 Å². The summed E-state index contributed by atoms with van der Waals surface area (Å²) in [5.74, 6) is 3.44. The summed E-state index contributed by atoms with van der Waals surface area (Å²) in [4.78, 5) is 25.5. The van der Waals surface area contributed by atoms with E-state index in [2.05, 4.69) is 25.3 Å². The minimum absolute atomic E-state index is 0.0619. The summed E-state index contributed by atoms with van der Waals surface area (Å²) in [6, 6.07) is 13.5. The molecule has 1 N–H and O–H groups in total. The number of nitrogens with one attached hydrogen (secondary N) is 1. The van der Waals surface area contributed by atoms with Crippen LogP contribution in [0, 0.1) is 0 Å². The minimum atomic E-state index is -0.0619. The maximum atomic E-state index is 12.4. The second-order valence-electron chi connectivity index (χ2n) is 8.00. The van der Waals surface area contributed by atoms with Crippen LogP contribution in [0.2, 0.25) is 0 Å². The third kappa shape index (κ3) is 4.82. The highest BCUT2D eigenvalue weighted by Crippen LogP contribution is 2.39. The summed E-state index contributed by atoms with van der Waals surface area (Å²) in [5.41, 5.74) is 0.847. The Morgan fingerprint density at radius 1 is 1.09 bits per heavy atom. The molecule has 1 aromatic carbocycles. The van der Waals surface area contributed by atoms with Crippen LogP contribution in [0.25, 0.3) is 11.4 Å². The number of benzene rings is 1. The lowest BCUT2D eigenvalue weighted by Gasteiger charge is -2.35. The lowest BCUT2D eigenvalue weighted by atomic mass is 10.2. The fourth-order valence-electron chi connectivity index (χ4n) is 3.65. The first-order valence-corrected chi connectivity index (χ1v) is 11.0. The number of rotatable bonds is 7.